The van der Waals surface area contributed by atoms with Gasteiger partial charge in [-0.2, -0.15) is 0 Å². The molecule has 1 aromatic rings. The zero-order chi connectivity index (χ0) is 16.1. The quantitative estimate of drug-likeness (QED) is 0.801. The van der Waals surface area contributed by atoms with Gasteiger partial charge in [-0.1, -0.05) is 19.9 Å². The highest BCUT2D eigenvalue weighted by atomic mass is 16.2. The number of hydrogen-bond acceptors (Lipinski definition) is 3. The Morgan fingerprint density at radius 2 is 1.91 bits per heavy atom. The smallest absolute Gasteiger partial charge is 0.227 e. The summed E-state index contributed by atoms with van der Waals surface area (Å²) >= 11 is 0. The molecule has 2 atom stereocenters. The van der Waals surface area contributed by atoms with E-state index in [-0.39, 0.29) is 23.7 Å². The lowest BCUT2D eigenvalue weighted by molar-refractivity contribution is -0.121. The third kappa shape index (κ3) is 4.56. The van der Waals surface area contributed by atoms with Crippen LogP contribution in [0.1, 0.15) is 33.6 Å². The number of piperidine rings is 1. The number of benzene rings is 1. The maximum atomic E-state index is 12.3. The number of carbonyl (C=O) groups is 2. The molecule has 22 heavy (non-hydrogen) atoms. The van der Waals surface area contributed by atoms with Crippen molar-refractivity contribution >= 4 is 23.2 Å². The van der Waals surface area contributed by atoms with Gasteiger partial charge in [-0.05, 0) is 44.5 Å². The van der Waals surface area contributed by atoms with E-state index in [0.29, 0.717) is 11.7 Å². The summed E-state index contributed by atoms with van der Waals surface area (Å²) in [5.41, 5.74) is 1.42. The molecule has 1 fully saturated rings. The fourth-order valence-electron chi connectivity index (χ4n) is 2.58. The molecule has 3 N–H and O–H groups in total. The van der Waals surface area contributed by atoms with Crippen molar-refractivity contribution in [1.82, 2.24) is 5.32 Å². The molecule has 1 aliphatic heterocycles. The van der Waals surface area contributed by atoms with E-state index < -0.39 is 0 Å². The van der Waals surface area contributed by atoms with Crippen molar-refractivity contribution in [3.8, 4) is 0 Å². The SMILES string of the molecule is CC(C)C(=O)Nc1cccc(NC(=O)[C@H]2CCN[C@@H](C)C2)c1. The third-order valence-electron chi connectivity index (χ3n) is 3.92. The second kappa shape index (κ2) is 7.40. The van der Waals surface area contributed by atoms with Crippen LogP contribution in [0.5, 0.6) is 0 Å². The van der Waals surface area contributed by atoms with E-state index in [1.807, 2.05) is 32.0 Å². The zero-order valence-electron chi connectivity index (χ0n) is 13.5. The van der Waals surface area contributed by atoms with Crippen molar-refractivity contribution in [2.24, 2.45) is 11.8 Å². The number of amides is 2. The Morgan fingerprint density at radius 1 is 1.23 bits per heavy atom. The Hall–Kier alpha value is -1.88. The fourth-order valence-corrected chi connectivity index (χ4v) is 2.58. The molecule has 2 amide bonds. The van der Waals surface area contributed by atoms with Gasteiger partial charge in [-0.25, -0.2) is 0 Å². The van der Waals surface area contributed by atoms with Crippen molar-refractivity contribution in [3.63, 3.8) is 0 Å². The summed E-state index contributed by atoms with van der Waals surface area (Å²) in [6.07, 6.45) is 1.72. The van der Waals surface area contributed by atoms with Crippen molar-refractivity contribution in [2.45, 2.75) is 39.7 Å². The molecule has 0 aliphatic carbocycles. The maximum Gasteiger partial charge on any atom is 0.227 e. The highest BCUT2D eigenvalue weighted by Gasteiger charge is 2.24. The Balaban J connectivity index is 1.97. The van der Waals surface area contributed by atoms with Crippen molar-refractivity contribution < 1.29 is 9.59 Å². The van der Waals surface area contributed by atoms with E-state index in [4.69, 9.17) is 0 Å². The number of rotatable bonds is 4. The minimum absolute atomic E-state index is 0.0318. The van der Waals surface area contributed by atoms with E-state index >= 15 is 0 Å². The van der Waals surface area contributed by atoms with Gasteiger partial charge in [0.2, 0.25) is 11.8 Å². The Labute approximate surface area is 131 Å². The molecule has 0 saturated carbocycles. The van der Waals surface area contributed by atoms with Crippen molar-refractivity contribution in [1.29, 1.82) is 0 Å². The van der Waals surface area contributed by atoms with E-state index in [1.54, 1.807) is 6.07 Å². The average molecular weight is 303 g/mol. The van der Waals surface area contributed by atoms with Gasteiger partial charge in [0.1, 0.15) is 0 Å². The third-order valence-corrected chi connectivity index (χ3v) is 3.92. The van der Waals surface area contributed by atoms with Gasteiger partial charge in [0.05, 0.1) is 0 Å². The summed E-state index contributed by atoms with van der Waals surface area (Å²) in [5.74, 6) is -0.00372. The summed E-state index contributed by atoms with van der Waals surface area (Å²) in [7, 11) is 0. The molecule has 0 aromatic heterocycles. The van der Waals surface area contributed by atoms with E-state index in [9.17, 15) is 9.59 Å². The molecule has 1 saturated heterocycles. The van der Waals surface area contributed by atoms with Crippen LogP contribution in [-0.2, 0) is 9.59 Å². The first-order valence-electron chi connectivity index (χ1n) is 7.91. The van der Waals surface area contributed by atoms with E-state index in [0.717, 1.165) is 25.1 Å². The second-order valence-electron chi connectivity index (χ2n) is 6.29. The van der Waals surface area contributed by atoms with Crippen LogP contribution in [-0.4, -0.2) is 24.4 Å². The molecule has 5 heteroatoms. The molecule has 0 unspecified atom stereocenters. The van der Waals surface area contributed by atoms with Crippen molar-refractivity contribution in [2.75, 3.05) is 17.2 Å². The predicted molar refractivity (Wildman–Crippen MR) is 88.7 cm³/mol. The van der Waals surface area contributed by atoms with Crippen molar-refractivity contribution in [3.05, 3.63) is 24.3 Å². The average Bonchev–Trinajstić information content (AvgIpc) is 2.47. The normalized spacial score (nSPS) is 21.5. The Morgan fingerprint density at radius 3 is 2.55 bits per heavy atom. The van der Waals surface area contributed by atoms with Gasteiger partial charge in [-0.3, -0.25) is 9.59 Å². The van der Waals surface area contributed by atoms with Crippen LogP contribution in [0.3, 0.4) is 0 Å². The second-order valence-corrected chi connectivity index (χ2v) is 6.29. The first kappa shape index (κ1) is 16.5. The number of carbonyl (C=O) groups excluding carboxylic acids is 2. The van der Waals surface area contributed by atoms with Crippen LogP contribution >= 0.6 is 0 Å². The summed E-state index contributed by atoms with van der Waals surface area (Å²) in [6.45, 7) is 6.67. The summed E-state index contributed by atoms with van der Waals surface area (Å²) < 4.78 is 0. The molecule has 5 nitrogen and oxygen atoms in total. The predicted octanol–water partition coefficient (Wildman–Crippen LogP) is 2.61. The van der Waals surface area contributed by atoms with Gasteiger partial charge in [0.25, 0.3) is 0 Å². The number of anilines is 2. The molecule has 2 rings (SSSR count). The van der Waals surface area contributed by atoms with Gasteiger partial charge < -0.3 is 16.0 Å². The van der Waals surface area contributed by atoms with Crippen LogP contribution in [0.25, 0.3) is 0 Å². The Bertz CT molecular complexity index is 542. The molecular weight excluding hydrogens is 278 g/mol. The summed E-state index contributed by atoms with van der Waals surface area (Å²) in [6, 6.07) is 7.66. The van der Waals surface area contributed by atoms with E-state index in [2.05, 4.69) is 22.9 Å². The lowest BCUT2D eigenvalue weighted by Gasteiger charge is -2.27. The molecular formula is C17H25N3O2. The summed E-state index contributed by atoms with van der Waals surface area (Å²) in [4.78, 5) is 24.1. The van der Waals surface area contributed by atoms with Crippen LogP contribution in [0, 0.1) is 11.8 Å². The topological polar surface area (TPSA) is 70.2 Å². The molecule has 1 aromatic carbocycles. The zero-order valence-corrected chi connectivity index (χ0v) is 13.5. The first-order valence-corrected chi connectivity index (χ1v) is 7.91. The van der Waals surface area contributed by atoms with Gasteiger partial charge in [0, 0.05) is 29.3 Å². The lowest BCUT2D eigenvalue weighted by Crippen LogP contribution is -2.40. The molecule has 1 aliphatic rings. The lowest BCUT2D eigenvalue weighted by atomic mass is 9.92. The summed E-state index contributed by atoms with van der Waals surface area (Å²) in [5, 5.41) is 9.14. The maximum absolute atomic E-state index is 12.3. The molecule has 0 radical (unpaired) electrons. The Kier molecular flexibility index (Phi) is 5.55. The largest absolute Gasteiger partial charge is 0.326 e. The van der Waals surface area contributed by atoms with E-state index in [1.165, 1.54) is 0 Å². The first-order chi connectivity index (χ1) is 10.5. The monoisotopic (exact) mass is 303 g/mol. The van der Waals surface area contributed by atoms with Crippen LogP contribution in [0.4, 0.5) is 11.4 Å². The van der Waals surface area contributed by atoms with Gasteiger partial charge >= 0.3 is 0 Å². The standard InChI is InChI=1S/C17H25N3O2/c1-11(2)16(21)19-14-5-4-6-15(10-14)20-17(22)13-7-8-18-12(3)9-13/h4-6,10-13,18H,7-9H2,1-3H3,(H,19,21)(H,20,22)/t12-,13-/m0/s1. The molecule has 1 heterocycles. The van der Waals surface area contributed by atoms with Crippen LogP contribution < -0.4 is 16.0 Å². The van der Waals surface area contributed by atoms with Crippen LogP contribution in [0.15, 0.2) is 24.3 Å². The highest BCUT2D eigenvalue weighted by Crippen LogP contribution is 2.20. The minimum atomic E-state index is -0.0746. The van der Waals surface area contributed by atoms with Gasteiger partial charge in [0.15, 0.2) is 0 Å². The number of hydrogen-bond donors (Lipinski definition) is 3. The van der Waals surface area contributed by atoms with Crippen LogP contribution in [0.2, 0.25) is 0 Å². The minimum Gasteiger partial charge on any atom is -0.326 e. The van der Waals surface area contributed by atoms with Gasteiger partial charge in [-0.15, -0.1) is 0 Å². The molecule has 120 valence electrons. The molecule has 0 bridgehead atoms. The fraction of sp³-hybridized carbons (Fsp3) is 0.529. The highest BCUT2D eigenvalue weighted by molar-refractivity contribution is 5.95. The molecule has 0 spiro atoms. The number of nitrogens with one attached hydrogen (secondary N) is 3.